The summed E-state index contributed by atoms with van der Waals surface area (Å²) < 4.78 is 12.3. The fourth-order valence-corrected chi connectivity index (χ4v) is 3.54. The second-order valence-corrected chi connectivity index (χ2v) is 7.64. The lowest BCUT2D eigenvalue weighted by Crippen LogP contribution is -2.18. The van der Waals surface area contributed by atoms with Gasteiger partial charge in [-0.1, -0.05) is 41.9 Å². The highest BCUT2D eigenvalue weighted by atomic mass is 35.5. The molecule has 8 nitrogen and oxygen atoms in total. The van der Waals surface area contributed by atoms with E-state index in [1.165, 1.54) is 17.0 Å². The molecule has 0 aliphatic carbocycles. The third-order valence-corrected chi connectivity index (χ3v) is 5.22. The number of esters is 1. The number of tetrazole rings is 1. The highest BCUT2D eigenvalue weighted by Gasteiger charge is 2.22. The first kappa shape index (κ1) is 19.7. The molecular formula is C20H13ClN4O4S. The number of hydrogen-bond acceptors (Lipinski definition) is 8. The van der Waals surface area contributed by atoms with Crippen LogP contribution in [0.15, 0.2) is 65.3 Å². The van der Waals surface area contributed by atoms with E-state index >= 15 is 0 Å². The molecule has 4 rings (SSSR count). The molecule has 0 aliphatic heterocycles. The van der Waals surface area contributed by atoms with E-state index in [0.29, 0.717) is 26.4 Å². The number of carbonyl (C=O) groups excluding carboxylic acids is 2. The number of rotatable bonds is 7. The topological polar surface area (TPSA) is 100 Å². The second-order valence-electron chi connectivity index (χ2n) is 5.93. The van der Waals surface area contributed by atoms with E-state index in [9.17, 15) is 9.59 Å². The summed E-state index contributed by atoms with van der Waals surface area (Å²) in [6.45, 7) is -0.450. The van der Waals surface area contributed by atoms with Crippen molar-refractivity contribution in [2.24, 2.45) is 0 Å². The zero-order valence-corrected chi connectivity index (χ0v) is 16.8. The van der Waals surface area contributed by atoms with Crippen LogP contribution in [-0.2, 0) is 9.53 Å². The number of benzene rings is 1. The average Bonchev–Trinajstić information content (AvgIpc) is 3.52. The lowest BCUT2D eigenvalue weighted by Gasteiger charge is -2.09. The van der Waals surface area contributed by atoms with Crippen LogP contribution >= 0.6 is 22.9 Å². The molecule has 10 heteroatoms. The van der Waals surface area contributed by atoms with Crippen LogP contribution in [0.5, 0.6) is 0 Å². The minimum atomic E-state index is -0.785. The lowest BCUT2D eigenvalue weighted by molar-refractivity contribution is -0.136. The normalized spacial score (nSPS) is 11.4. The molecule has 3 aromatic heterocycles. The van der Waals surface area contributed by atoms with Crippen molar-refractivity contribution in [3.8, 4) is 11.4 Å². The van der Waals surface area contributed by atoms with Crippen LogP contribution in [0.2, 0.25) is 4.34 Å². The summed E-state index contributed by atoms with van der Waals surface area (Å²) in [6.07, 6.45) is 2.91. The van der Waals surface area contributed by atoms with Crippen molar-refractivity contribution in [2.75, 3.05) is 6.61 Å². The molecule has 0 amide bonds. The number of aromatic nitrogens is 4. The van der Waals surface area contributed by atoms with Crippen molar-refractivity contribution >= 4 is 46.5 Å². The van der Waals surface area contributed by atoms with Gasteiger partial charge in [0.2, 0.25) is 5.78 Å². The van der Waals surface area contributed by atoms with E-state index in [1.54, 1.807) is 24.3 Å². The Morgan fingerprint density at radius 2 is 1.97 bits per heavy atom. The molecule has 0 aliphatic rings. The number of furan rings is 1. The molecule has 3 heterocycles. The molecule has 30 heavy (non-hydrogen) atoms. The number of hydrogen-bond donors (Lipinski definition) is 0. The maximum atomic E-state index is 12.9. The van der Waals surface area contributed by atoms with Crippen LogP contribution in [-0.4, -0.2) is 38.6 Å². The summed E-state index contributed by atoms with van der Waals surface area (Å²) in [4.78, 5) is 25.5. The first-order valence-electron chi connectivity index (χ1n) is 8.67. The summed E-state index contributed by atoms with van der Waals surface area (Å²) in [5, 5.41) is 11.6. The molecule has 0 radical (unpaired) electrons. The molecule has 1 aromatic carbocycles. The third kappa shape index (κ3) is 4.37. The Bertz CT molecular complexity index is 1200. The van der Waals surface area contributed by atoms with Crippen LogP contribution < -0.4 is 0 Å². The lowest BCUT2D eigenvalue weighted by atomic mass is 10.2. The molecule has 0 saturated carbocycles. The Morgan fingerprint density at radius 1 is 1.13 bits per heavy atom. The molecule has 0 spiro atoms. The van der Waals surface area contributed by atoms with Gasteiger partial charge in [0.25, 0.3) is 0 Å². The van der Waals surface area contributed by atoms with Crippen LogP contribution in [0.3, 0.4) is 0 Å². The van der Waals surface area contributed by atoms with Crippen molar-refractivity contribution in [3.05, 3.63) is 75.8 Å². The number of halogens is 1. The minimum absolute atomic E-state index is 0.00850. The van der Waals surface area contributed by atoms with Gasteiger partial charge in [0, 0.05) is 11.6 Å². The van der Waals surface area contributed by atoms with E-state index < -0.39 is 12.6 Å². The number of carbonyl (C=O) groups is 2. The quantitative estimate of drug-likeness (QED) is 0.242. The standard InChI is InChI=1S/C20H13ClN4O4S/c21-18-9-8-17(30-18)16(26)12-29-20(27)15(11-14-7-4-10-28-14)25-19(22-23-24-25)13-5-2-1-3-6-13/h1-11H,12H2/b15-11-. The summed E-state index contributed by atoms with van der Waals surface area (Å²) in [6, 6.07) is 15.7. The third-order valence-electron chi connectivity index (χ3n) is 3.94. The van der Waals surface area contributed by atoms with Gasteiger partial charge in [0.15, 0.2) is 18.1 Å². The fourth-order valence-electron chi connectivity index (χ4n) is 2.57. The molecular weight excluding hydrogens is 428 g/mol. The largest absolute Gasteiger partial charge is 0.465 e. The maximum absolute atomic E-state index is 12.9. The van der Waals surface area contributed by atoms with Crippen LogP contribution in [0, 0.1) is 0 Å². The van der Waals surface area contributed by atoms with E-state index in [0.717, 1.165) is 11.3 Å². The Morgan fingerprint density at radius 3 is 2.67 bits per heavy atom. The fraction of sp³-hybridized carbons (Fsp3) is 0.0500. The highest BCUT2D eigenvalue weighted by molar-refractivity contribution is 7.18. The Labute approximate surface area is 179 Å². The van der Waals surface area contributed by atoms with Gasteiger partial charge in [-0.05, 0) is 34.7 Å². The Hall–Kier alpha value is -3.56. The van der Waals surface area contributed by atoms with Gasteiger partial charge >= 0.3 is 5.97 Å². The maximum Gasteiger partial charge on any atom is 0.357 e. The van der Waals surface area contributed by atoms with Crippen molar-refractivity contribution < 1.29 is 18.7 Å². The smallest absolute Gasteiger partial charge is 0.357 e. The van der Waals surface area contributed by atoms with E-state index in [4.69, 9.17) is 20.8 Å². The van der Waals surface area contributed by atoms with Gasteiger partial charge in [0.05, 0.1) is 15.5 Å². The second kappa shape index (κ2) is 8.85. The Balaban J connectivity index is 1.62. The summed E-state index contributed by atoms with van der Waals surface area (Å²) in [5.74, 6) is -0.418. The van der Waals surface area contributed by atoms with Crippen LogP contribution in [0.1, 0.15) is 15.4 Å². The molecule has 0 saturated heterocycles. The summed E-state index contributed by atoms with van der Waals surface area (Å²) in [5.41, 5.74) is 0.691. The van der Waals surface area contributed by atoms with Crippen molar-refractivity contribution in [3.63, 3.8) is 0 Å². The van der Waals surface area contributed by atoms with Gasteiger partial charge in [-0.25, -0.2) is 4.79 Å². The first-order valence-corrected chi connectivity index (χ1v) is 9.86. The monoisotopic (exact) mass is 440 g/mol. The van der Waals surface area contributed by atoms with Crippen molar-refractivity contribution in [2.45, 2.75) is 0 Å². The molecule has 0 fully saturated rings. The summed E-state index contributed by atoms with van der Waals surface area (Å²) >= 11 is 6.97. The number of thiophene rings is 1. The number of ether oxygens (including phenoxy) is 1. The molecule has 0 atom stereocenters. The number of Topliss-reactive ketones (excluding diaryl/α,β-unsaturated/α-hetero) is 1. The first-order chi connectivity index (χ1) is 14.6. The molecule has 0 unspecified atom stereocenters. The van der Waals surface area contributed by atoms with Gasteiger partial charge < -0.3 is 9.15 Å². The van der Waals surface area contributed by atoms with Gasteiger partial charge in [-0.2, -0.15) is 4.68 Å². The minimum Gasteiger partial charge on any atom is -0.465 e. The molecule has 4 aromatic rings. The molecule has 150 valence electrons. The van der Waals surface area contributed by atoms with Crippen LogP contribution in [0.4, 0.5) is 0 Å². The zero-order chi connectivity index (χ0) is 20.9. The average molecular weight is 441 g/mol. The SMILES string of the molecule is O=C(OCC(=O)c1ccc(Cl)s1)/C(=C/c1ccco1)n1nnnc1-c1ccccc1. The number of nitrogens with zero attached hydrogens (tertiary/aromatic N) is 4. The van der Waals surface area contributed by atoms with Gasteiger partial charge in [0.1, 0.15) is 5.76 Å². The van der Waals surface area contributed by atoms with E-state index in [-0.39, 0.29) is 11.5 Å². The van der Waals surface area contributed by atoms with Crippen molar-refractivity contribution in [1.82, 2.24) is 20.2 Å². The number of ketones is 1. The highest BCUT2D eigenvalue weighted by Crippen LogP contribution is 2.23. The molecule has 0 bridgehead atoms. The van der Waals surface area contributed by atoms with Gasteiger partial charge in [-0.15, -0.1) is 16.4 Å². The van der Waals surface area contributed by atoms with E-state index in [1.807, 2.05) is 30.3 Å². The van der Waals surface area contributed by atoms with Gasteiger partial charge in [-0.3, -0.25) is 4.79 Å². The predicted molar refractivity (Wildman–Crippen MR) is 111 cm³/mol. The van der Waals surface area contributed by atoms with Crippen LogP contribution in [0.25, 0.3) is 23.2 Å². The summed E-state index contributed by atoms with van der Waals surface area (Å²) in [7, 11) is 0. The zero-order valence-electron chi connectivity index (χ0n) is 15.3. The molecule has 0 N–H and O–H groups in total. The Kier molecular flexibility index (Phi) is 5.82. The van der Waals surface area contributed by atoms with E-state index in [2.05, 4.69) is 15.5 Å². The van der Waals surface area contributed by atoms with Crippen molar-refractivity contribution in [1.29, 1.82) is 0 Å². The predicted octanol–water partition coefficient (Wildman–Crippen LogP) is 4.07.